The number of amides is 1. The Bertz CT molecular complexity index is 497. The van der Waals surface area contributed by atoms with Crippen LogP contribution in [0, 0.1) is 0 Å². The molecule has 22 heavy (non-hydrogen) atoms. The quantitative estimate of drug-likeness (QED) is 0.458. The van der Waals surface area contributed by atoms with Gasteiger partial charge in [0.15, 0.2) is 5.96 Å². The summed E-state index contributed by atoms with van der Waals surface area (Å²) in [6.45, 7) is 1.56. The molecule has 0 atom stereocenters. The summed E-state index contributed by atoms with van der Waals surface area (Å²) >= 11 is 0. The Morgan fingerprint density at radius 2 is 2.05 bits per heavy atom. The van der Waals surface area contributed by atoms with Gasteiger partial charge in [-0.2, -0.15) is 0 Å². The van der Waals surface area contributed by atoms with Crippen molar-refractivity contribution in [1.82, 2.24) is 15.5 Å². The second-order valence-corrected chi connectivity index (χ2v) is 5.76. The van der Waals surface area contributed by atoms with E-state index in [0.29, 0.717) is 12.5 Å². The largest absolute Gasteiger partial charge is 0.356 e. The summed E-state index contributed by atoms with van der Waals surface area (Å²) in [4.78, 5) is 18.0. The average molecular weight is 302 g/mol. The van der Waals surface area contributed by atoms with Gasteiger partial charge in [-0.3, -0.25) is 9.79 Å². The van der Waals surface area contributed by atoms with Gasteiger partial charge in [0.05, 0.1) is 0 Å². The second kappa shape index (κ2) is 8.41. The van der Waals surface area contributed by atoms with Gasteiger partial charge in [-0.1, -0.05) is 30.3 Å². The summed E-state index contributed by atoms with van der Waals surface area (Å²) in [5.74, 6) is 1.02. The highest BCUT2D eigenvalue weighted by Gasteiger charge is 2.22. The molecule has 0 radical (unpaired) electrons. The number of hydrogen-bond acceptors (Lipinski definition) is 2. The molecule has 1 aliphatic carbocycles. The van der Waals surface area contributed by atoms with Crippen molar-refractivity contribution >= 4 is 11.9 Å². The minimum atomic E-state index is 0.164. The van der Waals surface area contributed by atoms with Crippen LogP contribution in [0.5, 0.6) is 0 Å². The van der Waals surface area contributed by atoms with Crippen LogP contribution in [0.3, 0.4) is 0 Å². The standard InChI is InChI=1S/C17H26N4O/c1-18-17(21(2)13-14-7-4-3-5-8-14)19-12-6-9-16(22)20-15-10-11-15/h3-5,7-8,15H,6,9-13H2,1-2H3,(H,18,19)(H,20,22). The highest BCUT2D eigenvalue weighted by molar-refractivity contribution is 5.80. The van der Waals surface area contributed by atoms with Crippen molar-refractivity contribution in [3.63, 3.8) is 0 Å². The summed E-state index contributed by atoms with van der Waals surface area (Å²) in [6, 6.07) is 10.8. The third-order valence-electron chi connectivity index (χ3n) is 3.64. The summed E-state index contributed by atoms with van der Waals surface area (Å²) in [7, 11) is 3.80. The van der Waals surface area contributed by atoms with E-state index in [4.69, 9.17) is 0 Å². The van der Waals surface area contributed by atoms with Crippen LogP contribution in [-0.4, -0.2) is 43.4 Å². The topological polar surface area (TPSA) is 56.7 Å². The molecule has 1 fully saturated rings. The zero-order valence-corrected chi connectivity index (χ0v) is 13.5. The Kier molecular flexibility index (Phi) is 6.25. The molecule has 0 bridgehead atoms. The molecule has 0 heterocycles. The fraction of sp³-hybridized carbons (Fsp3) is 0.529. The average Bonchev–Trinajstić information content (AvgIpc) is 3.32. The molecule has 1 saturated carbocycles. The fourth-order valence-corrected chi connectivity index (χ4v) is 2.29. The zero-order chi connectivity index (χ0) is 15.8. The van der Waals surface area contributed by atoms with Gasteiger partial charge in [-0.15, -0.1) is 0 Å². The molecule has 0 unspecified atom stereocenters. The van der Waals surface area contributed by atoms with Crippen molar-refractivity contribution in [2.24, 2.45) is 4.99 Å². The molecule has 2 rings (SSSR count). The molecule has 0 spiro atoms. The van der Waals surface area contributed by atoms with E-state index < -0.39 is 0 Å². The second-order valence-electron chi connectivity index (χ2n) is 5.76. The molecule has 0 saturated heterocycles. The molecule has 5 nitrogen and oxygen atoms in total. The van der Waals surface area contributed by atoms with Gasteiger partial charge in [0.1, 0.15) is 0 Å². The highest BCUT2D eigenvalue weighted by atomic mass is 16.1. The van der Waals surface area contributed by atoms with Gasteiger partial charge in [0.25, 0.3) is 0 Å². The number of hydrogen-bond donors (Lipinski definition) is 2. The van der Waals surface area contributed by atoms with Crippen molar-refractivity contribution in [2.75, 3.05) is 20.6 Å². The van der Waals surface area contributed by atoms with Gasteiger partial charge in [-0.05, 0) is 24.8 Å². The van der Waals surface area contributed by atoms with Crippen molar-refractivity contribution in [3.8, 4) is 0 Å². The number of benzene rings is 1. The van der Waals surface area contributed by atoms with E-state index in [2.05, 4.69) is 32.7 Å². The van der Waals surface area contributed by atoms with Gasteiger partial charge in [0, 0.05) is 39.6 Å². The normalized spacial score (nSPS) is 14.5. The maximum atomic E-state index is 11.6. The molecule has 120 valence electrons. The number of guanidine groups is 1. The smallest absolute Gasteiger partial charge is 0.220 e. The predicted molar refractivity (Wildman–Crippen MR) is 89.7 cm³/mol. The fourth-order valence-electron chi connectivity index (χ4n) is 2.29. The number of nitrogens with zero attached hydrogens (tertiary/aromatic N) is 2. The number of nitrogens with one attached hydrogen (secondary N) is 2. The van der Waals surface area contributed by atoms with E-state index in [0.717, 1.165) is 38.3 Å². The third kappa shape index (κ3) is 5.76. The van der Waals surface area contributed by atoms with Gasteiger partial charge >= 0.3 is 0 Å². The molecule has 1 amide bonds. The number of aliphatic imine (C=N–C) groups is 1. The van der Waals surface area contributed by atoms with Crippen LogP contribution >= 0.6 is 0 Å². The van der Waals surface area contributed by atoms with E-state index in [-0.39, 0.29) is 5.91 Å². The van der Waals surface area contributed by atoms with Gasteiger partial charge < -0.3 is 15.5 Å². The molecule has 0 aliphatic heterocycles. The van der Waals surface area contributed by atoms with E-state index in [9.17, 15) is 4.79 Å². The van der Waals surface area contributed by atoms with Crippen LogP contribution < -0.4 is 10.6 Å². The van der Waals surface area contributed by atoms with E-state index in [1.54, 1.807) is 7.05 Å². The van der Waals surface area contributed by atoms with Crippen LogP contribution in [0.4, 0.5) is 0 Å². The monoisotopic (exact) mass is 302 g/mol. The molecule has 1 aromatic carbocycles. The van der Waals surface area contributed by atoms with Crippen molar-refractivity contribution < 1.29 is 4.79 Å². The lowest BCUT2D eigenvalue weighted by Crippen LogP contribution is -2.39. The van der Waals surface area contributed by atoms with E-state index in [1.807, 2.05) is 25.2 Å². The lowest BCUT2D eigenvalue weighted by Gasteiger charge is -2.22. The lowest BCUT2D eigenvalue weighted by atomic mass is 10.2. The molecule has 5 heteroatoms. The molecular formula is C17H26N4O. The minimum absolute atomic E-state index is 0.164. The molecule has 1 aliphatic rings. The Morgan fingerprint density at radius 1 is 1.32 bits per heavy atom. The predicted octanol–water partition coefficient (Wildman–Crippen LogP) is 1.75. The van der Waals surface area contributed by atoms with Crippen molar-refractivity contribution in [1.29, 1.82) is 0 Å². The summed E-state index contributed by atoms with van der Waals surface area (Å²) in [6.07, 6.45) is 3.67. The Morgan fingerprint density at radius 3 is 2.68 bits per heavy atom. The third-order valence-corrected chi connectivity index (χ3v) is 3.64. The summed E-state index contributed by atoms with van der Waals surface area (Å²) in [5.41, 5.74) is 1.25. The Balaban J connectivity index is 1.66. The first-order chi connectivity index (χ1) is 10.7. The Hall–Kier alpha value is -2.04. The first-order valence-electron chi connectivity index (χ1n) is 7.94. The summed E-state index contributed by atoms with van der Waals surface area (Å²) in [5, 5.41) is 6.31. The maximum absolute atomic E-state index is 11.6. The number of rotatable bonds is 7. The number of carbonyl (C=O) groups is 1. The SMILES string of the molecule is CN=C(NCCCC(=O)NC1CC1)N(C)Cc1ccccc1. The molecule has 1 aromatic rings. The summed E-state index contributed by atoms with van der Waals surface area (Å²) < 4.78 is 0. The number of carbonyl (C=O) groups excluding carboxylic acids is 1. The van der Waals surface area contributed by atoms with Crippen LogP contribution in [0.1, 0.15) is 31.2 Å². The van der Waals surface area contributed by atoms with E-state index in [1.165, 1.54) is 5.56 Å². The minimum Gasteiger partial charge on any atom is -0.356 e. The van der Waals surface area contributed by atoms with E-state index >= 15 is 0 Å². The maximum Gasteiger partial charge on any atom is 0.220 e. The van der Waals surface area contributed by atoms with Crippen LogP contribution in [-0.2, 0) is 11.3 Å². The van der Waals surface area contributed by atoms with Crippen LogP contribution in [0.25, 0.3) is 0 Å². The Labute approximate surface area is 132 Å². The van der Waals surface area contributed by atoms with Gasteiger partial charge in [-0.25, -0.2) is 0 Å². The van der Waals surface area contributed by atoms with Crippen LogP contribution in [0.15, 0.2) is 35.3 Å². The molecule has 0 aromatic heterocycles. The first kappa shape index (κ1) is 16.3. The zero-order valence-electron chi connectivity index (χ0n) is 13.5. The van der Waals surface area contributed by atoms with Crippen molar-refractivity contribution in [3.05, 3.63) is 35.9 Å². The van der Waals surface area contributed by atoms with Crippen molar-refractivity contribution in [2.45, 2.75) is 38.3 Å². The van der Waals surface area contributed by atoms with Crippen LogP contribution in [0.2, 0.25) is 0 Å². The highest BCUT2D eigenvalue weighted by Crippen LogP contribution is 2.18. The lowest BCUT2D eigenvalue weighted by molar-refractivity contribution is -0.121. The molecular weight excluding hydrogens is 276 g/mol. The molecule has 2 N–H and O–H groups in total. The first-order valence-corrected chi connectivity index (χ1v) is 7.94. The van der Waals surface area contributed by atoms with Gasteiger partial charge in [0.2, 0.25) is 5.91 Å².